The van der Waals surface area contributed by atoms with Crippen molar-refractivity contribution in [2.24, 2.45) is 11.7 Å². The molecule has 3 rings (SSSR count). The van der Waals surface area contributed by atoms with Crippen LogP contribution in [0.25, 0.3) is 0 Å². The molecule has 34 heavy (non-hydrogen) atoms. The Kier molecular flexibility index (Phi) is 9.39. The van der Waals surface area contributed by atoms with E-state index in [0.717, 1.165) is 49.7 Å². The van der Waals surface area contributed by atoms with Gasteiger partial charge in [0.15, 0.2) is 0 Å². The first-order valence-electron chi connectivity index (χ1n) is 12.7. The van der Waals surface area contributed by atoms with E-state index in [4.69, 9.17) is 19.9 Å². The summed E-state index contributed by atoms with van der Waals surface area (Å²) in [5, 5.41) is 14.4. The fourth-order valence-electron chi connectivity index (χ4n) is 5.25. The number of hydrogen-bond acceptors (Lipinski definition) is 6. The molecule has 1 aromatic rings. The van der Waals surface area contributed by atoms with E-state index < -0.39 is 0 Å². The first-order valence-corrected chi connectivity index (χ1v) is 12.7. The first kappa shape index (κ1) is 26.5. The van der Waals surface area contributed by atoms with Crippen molar-refractivity contribution in [2.75, 3.05) is 33.1 Å². The van der Waals surface area contributed by atoms with Crippen LogP contribution in [0.4, 0.5) is 0 Å². The second-order valence-corrected chi connectivity index (χ2v) is 9.96. The zero-order valence-electron chi connectivity index (χ0n) is 21.2. The lowest BCUT2D eigenvalue weighted by atomic mass is 9.67. The molecule has 0 aromatic heterocycles. The number of phenols is 1. The summed E-state index contributed by atoms with van der Waals surface area (Å²) in [5.41, 5.74) is 8.23. The number of unbranched alkanes of at least 4 members (excludes halogenated alkanes) is 2. The predicted molar refractivity (Wildman–Crippen MR) is 133 cm³/mol. The zero-order valence-corrected chi connectivity index (χ0v) is 21.2. The Morgan fingerprint density at radius 2 is 2.03 bits per heavy atom. The Balaban J connectivity index is 1.88. The Labute approximate surface area is 204 Å². The van der Waals surface area contributed by atoms with Crippen LogP contribution in [0.1, 0.15) is 87.2 Å². The van der Waals surface area contributed by atoms with E-state index >= 15 is 0 Å². The van der Waals surface area contributed by atoms with Gasteiger partial charge in [0.1, 0.15) is 17.1 Å². The van der Waals surface area contributed by atoms with E-state index in [-0.39, 0.29) is 35.8 Å². The highest BCUT2D eigenvalue weighted by atomic mass is 16.5. The summed E-state index contributed by atoms with van der Waals surface area (Å²) < 4.78 is 17.0. The largest absolute Gasteiger partial charge is 0.507 e. The summed E-state index contributed by atoms with van der Waals surface area (Å²) in [6, 6.07) is 2.00. The van der Waals surface area contributed by atoms with Gasteiger partial charge < -0.3 is 30.4 Å². The van der Waals surface area contributed by atoms with Gasteiger partial charge >= 0.3 is 0 Å². The van der Waals surface area contributed by atoms with Gasteiger partial charge in [-0.2, -0.15) is 0 Å². The molecule has 1 aliphatic carbocycles. The van der Waals surface area contributed by atoms with Crippen LogP contribution in [0.3, 0.4) is 0 Å². The Morgan fingerprint density at radius 3 is 2.76 bits per heavy atom. The van der Waals surface area contributed by atoms with E-state index in [1.165, 1.54) is 5.57 Å². The lowest BCUT2D eigenvalue weighted by Gasteiger charge is -2.46. The summed E-state index contributed by atoms with van der Waals surface area (Å²) in [6.45, 7) is 10.3. The number of ether oxygens (including phenoxy) is 3. The van der Waals surface area contributed by atoms with E-state index in [9.17, 15) is 9.90 Å². The van der Waals surface area contributed by atoms with Crippen molar-refractivity contribution in [3.63, 3.8) is 0 Å². The molecule has 0 radical (unpaired) electrons. The third-order valence-corrected chi connectivity index (χ3v) is 7.03. The van der Waals surface area contributed by atoms with Crippen LogP contribution in [0.2, 0.25) is 0 Å². The average molecular weight is 475 g/mol. The van der Waals surface area contributed by atoms with E-state index in [1.807, 2.05) is 6.07 Å². The fraction of sp³-hybridized carbons (Fsp3) is 0.667. The summed E-state index contributed by atoms with van der Waals surface area (Å²) in [4.78, 5) is 13.3. The summed E-state index contributed by atoms with van der Waals surface area (Å²) >= 11 is 0. The maximum absolute atomic E-state index is 13.3. The van der Waals surface area contributed by atoms with Crippen LogP contribution in [0.5, 0.6) is 11.5 Å². The minimum Gasteiger partial charge on any atom is -0.507 e. The van der Waals surface area contributed by atoms with E-state index in [1.54, 1.807) is 0 Å². The number of rotatable bonds is 12. The third kappa shape index (κ3) is 6.12. The predicted octanol–water partition coefficient (Wildman–Crippen LogP) is 4.42. The van der Waals surface area contributed by atoms with Crippen molar-refractivity contribution < 1.29 is 24.1 Å². The first-order chi connectivity index (χ1) is 16.3. The van der Waals surface area contributed by atoms with Gasteiger partial charge in [-0.05, 0) is 58.1 Å². The number of hydrogen-bond donors (Lipinski definition) is 3. The third-order valence-electron chi connectivity index (χ3n) is 7.03. The van der Waals surface area contributed by atoms with Gasteiger partial charge in [0.25, 0.3) is 5.91 Å². The number of phenolic OH excluding ortho intramolecular Hbond substituents is 1. The highest BCUT2D eigenvalue weighted by molar-refractivity contribution is 5.99. The molecular formula is C27H42N2O5. The van der Waals surface area contributed by atoms with Crippen LogP contribution >= 0.6 is 0 Å². The fourth-order valence-corrected chi connectivity index (χ4v) is 5.25. The molecule has 2 atom stereocenters. The van der Waals surface area contributed by atoms with Crippen LogP contribution in [0.15, 0.2) is 17.7 Å². The van der Waals surface area contributed by atoms with Gasteiger partial charge in [-0.25, -0.2) is 0 Å². The van der Waals surface area contributed by atoms with Crippen molar-refractivity contribution in [1.29, 1.82) is 0 Å². The molecular weight excluding hydrogens is 432 g/mol. The van der Waals surface area contributed by atoms with Crippen molar-refractivity contribution in [2.45, 2.75) is 77.7 Å². The molecule has 1 heterocycles. The zero-order chi connectivity index (χ0) is 24.7. The number of aryl methyl sites for hydroxylation is 1. The van der Waals surface area contributed by atoms with Gasteiger partial charge in [0.2, 0.25) is 0 Å². The smallest absolute Gasteiger partial charge is 0.255 e. The van der Waals surface area contributed by atoms with Gasteiger partial charge in [-0.3, -0.25) is 4.79 Å². The number of nitrogens with two attached hydrogens (primary N) is 1. The summed E-state index contributed by atoms with van der Waals surface area (Å²) in [6.07, 6.45) is 8.11. The molecule has 1 aromatic carbocycles. The average Bonchev–Trinajstić information content (AvgIpc) is 2.77. The molecule has 4 N–H and O–H groups in total. The Morgan fingerprint density at radius 1 is 1.26 bits per heavy atom. The molecule has 1 amide bonds. The summed E-state index contributed by atoms with van der Waals surface area (Å²) in [7, 11) is 0. The van der Waals surface area contributed by atoms with Crippen LogP contribution in [0, 0.1) is 5.92 Å². The molecule has 2 unspecified atom stereocenters. The number of carbonyl (C=O) groups excluding carboxylic acids is 1. The summed E-state index contributed by atoms with van der Waals surface area (Å²) in [5.74, 6) is 0.790. The molecule has 0 bridgehead atoms. The van der Waals surface area contributed by atoms with Crippen molar-refractivity contribution in [3.8, 4) is 11.5 Å². The number of fused-ring (bicyclic) bond motifs is 3. The second kappa shape index (κ2) is 12.0. The minimum atomic E-state index is -0.337. The maximum atomic E-state index is 13.3. The van der Waals surface area contributed by atoms with E-state index in [0.29, 0.717) is 37.7 Å². The van der Waals surface area contributed by atoms with Crippen LogP contribution < -0.4 is 15.8 Å². The monoisotopic (exact) mass is 474 g/mol. The molecule has 7 nitrogen and oxygen atoms in total. The molecule has 0 saturated carbocycles. The van der Waals surface area contributed by atoms with Crippen molar-refractivity contribution in [3.05, 3.63) is 34.4 Å². The quantitative estimate of drug-likeness (QED) is 0.235. The number of amides is 1. The topological polar surface area (TPSA) is 103 Å². The SMILES string of the molecule is CCCCCc1cc2c(c(O)c1C(=O)NCCOCCOCN)C1C=C(C)CCC1C(C)(C)O2. The highest BCUT2D eigenvalue weighted by Crippen LogP contribution is 2.54. The highest BCUT2D eigenvalue weighted by Gasteiger charge is 2.46. The van der Waals surface area contributed by atoms with Crippen molar-refractivity contribution >= 4 is 5.91 Å². The molecule has 0 fully saturated rings. The molecule has 2 aliphatic rings. The Hall–Kier alpha value is -2.09. The van der Waals surface area contributed by atoms with Crippen molar-refractivity contribution in [1.82, 2.24) is 5.32 Å². The Bertz CT molecular complexity index is 880. The molecule has 7 heteroatoms. The molecule has 0 saturated heterocycles. The molecule has 1 aliphatic heterocycles. The van der Waals surface area contributed by atoms with Crippen LogP contribution in [-0.4, -0.2) is 49.7 Å². The van der Waals surface area contributed by atoms with Gasteiger partial charge in [-0.1, -0.05) is 31.4 Å². The number of allylic oxidation sites excluding steroid dienone is 2. The minimum absolute atomic E-state index is 0.0367. The normalized spacial score (nSPS) is 20.7. The number of aromatic hydroxyl groups is 1. The molecule has 0 spiro atoms. The van der Waals surface area contributed by atoms with Crippen LogP contribution in [-0.2, 0) is 15.9 Å². The number of carbonyl (C=O) groups is 1. The van der Waals surface area contributed by atoms with E-state index in [2.05, 4.69) is 39.1 Å². The maximum Gasteiger partial charge on any atom is 0.255 e. The number of nitrogens with one attached hydrogen (secondary N) is 1. The second-order valence-electron chi connectivity index (χ2n) is 9.96. The lowest BCUT2D eigenvalue weighted by Crippen LogP contribution is -2.45. The number of benzene rings is 1. The van der Waals surface area contributed by atoms with Gasteiger partial charge in [0, 0.05) is 23.9 Å². The van der Waals surface area contributed by atoms with Gasteiger partial charge in [0.05, 0.1) is 32.1 Å². The molecule has 190 valence electrons. The van der Waals surface area contributed by atoms with Gasteiger partial charge in [-0.15, -0.1) is 0 Å². The standard InChI is InChI=1S/C27H42N2O5/c1-5-6-7-8-19-16-22-24(20-15-18(2)9-10-21(20)27(3,4)34-22)25(30)23(19)26(31)29-11-12-32-13-14-33-17-28/h15-16,20-21,30H,5-14,17,28H2,1-4H3,(H,29,31). The lowest BCUT2D eigenvalue weighted by molar-refractivity contribution is 0.0107.